The lowest BCUT2D eigenvalue weighted by Crippen LogP contribution is -3.28. The van der Waals surface area contributed by atoms with Crippen molar-refractivity contribution < 1.29 is 29.2 Å². The van der Waals surface area contributed by atoms with Crippen LogP contribution in [0.5, 0.6) is 17.2 Å². The molecule has 2 aliphatic rings. The Bertz CT molecular complexity index is 887. The number of fused-ring (bicyclic) bond motifs is 1. The van der Waals surface area contributed by atoms with Gasteiger partial charge in [-0.1, -0.05) is 18.2 Å². The smallest absolute Gasteiger partial charge is 0.279 e. The van der Waals surface area contributed by atoms with Gasteiger partial charge in [0.2, 0.25) is 6.79 Å². The van der Waals surface area contributed by atoms with Gasteiger partial charge in [0.05, 0.1) is 5.56 Å². The van der Waals surface area contributed by atoms with E-state index in [-0.39, 0.29) is 18.4 Å². The molecule has 0 bridgehead atoms. The fourth-order valence-electron chi connectivity index (χ4n) is 4.12. The van der Waals surface area contributed by atoms with Crippen LogP contribution in [0.15, 0.2) is 30.3 Å². The Labute approximate surface area is 170 Å². The van der Waals surface area contributed by atoms with Gasteiger partial charge in [0, 0.05) is 11.8 Å². The number of phenolic OH excluding ortho intramolecular Hbond substituents is 1. The molecule has 0 aromatic heterocycles. The molecular formula is C22H29N3O4+2. The van der Waals surface area contributed by atoms with E-state index < -0.39 is 0 Å². The first-order chi connectivity index (χ1) is 14.0. The van der Waals surface area contributed by atoms with Crippen molar-refractivity contribution >= 4 is 11.6 Å². The maximum Gasteiger partial charge on any atom is 0.279 e. The molecule has 1 fully saturated rings. The number of aromatic hydroxyl groups is 1. The molecule has 2 aromatic carbocycles. The average molecular weight is 399 g/mol. The molecule has 0 saturated carbocycles. The van der Waals surface area contributed by atoms with Gasteiger partial charge in [-0.25, -0.2) is 0 Å². The number of nitrogens with one attached hydrogen (secondary N) is 3. The Morgan fingerprint density at radius 1 is 1.03 bits per heavy atom. The molecule has 4 N–H and O–H groups in total. The summed E-state index contributed by atoms with van der Waals surface area (Å²) in [5.74, 6) is 1.62. The summed E-state index contributed by atoms with van der Waals surface area (Å²) in [5.41, 5.74) is 3.98. The molecule has 0 spiro atoms. The van der Waals surface area contributed by atoms with Crippen LogP contribution in [0.4, 0.5) is 5.69 Å². The molecule has 7 heteroatoms. The van der Waals surface area contributed by atoms with E-state index in [1.165, 1.54) is 9.80 Å². The number of benzene rings is 2. The van der Waals surface area contributed by atoms with E-state index >= 15 is 0 Å². The molecule has 0 unspecified atom stereocenters. The second-order valence-corrected chi connectivity index (χ2v) is 8.00. The minimum Gasteiger partial charge on any atom is -0.507 e. The van der Waals surface area contributed by atoms with Gasteiger partial charge in [-0.3, -0.25) is 4.79 Å². The van der Waals surface area contributed by atoms with E-state index in [0.29, 0.717) is 18.0 Å². The SMILES string of the molecule is Cc1cccc(C)c1NC(=O)C[NH+]1CC[NH+](Cc2cc3c(cc2O)OCO3)CC1. The van der Waals surface area contributed by atoms with Gasteiger partial charge < -0.3 is 29.7 Å². The quantitative estimate of drug-likeness (QED) is 0.555. The largest absolute Gasteiger partial charge is 0.507 e. The molecule has 4 rings (SSSR count). The third-order valence-electron chi connectivity index (χ3n) is 5.83. The lowest BCUT2D eigenvalue weighted by atomic mass is 10.1. The second kappa shape index (κ2) is 8.31. The molecule has 29 heavy (non-hydrogen) atoms. The molecule has 0 aliphatic carbocycles. The van der Waals surface area contributed by atoms with Gasteiger partial charge in [0.15, 0.2) is 18.0 Å². The fourth-order valence-corrected chi connectivity index (χ4v) is 4.12. The van der Waals surface area contributed by atoms with Gasteiger partial charge in [-0.15, -0.1) is 0 Å². The summed E-state index contributed by atoms with van der Waals surface area (Å²) < 4.78 is 10.7. The van der Waals surface area contributed by atoms with Crippen LogP contribution in [0.1, 0.15) is 16.7 Å². The average Bonchev–Trinajstić information content (AvgIpc) is 3.14. The zero-order valence-corrected chi connectivity index (χ0v) is 17.0. The van der Waals surface area contributed by atoms with Gasteiger partial charge in [-0.05, 0) is 31.0 Å². The van der Waals surface area contributed by atoms with Crippen molar-refractivity contribution in [3.05, 3.63) is 47.0 Å². The second-order valence-electron chi connectivity index (χ2n) is 8.00. The van der Waals surface area contributed by atoms with Crippen molar-refractivity contribution in [3.63, 3.8) is 0 Å². The third kappa shape index (κ3) is 4.46. The first kappa shape index (κ1) is 19.5. The van der Waals surface area contributed by atoms with Gasteiger partial charge >= 0.3 is 0 Å². The number of rotatable bonds is 5. The number of hydrogen-bond donors (Lipinski definition) is 4. The van der Waals surface area contributed by atoms with Crippen molar-refractivity contribution in [1.82, 2.24) is 0 Å². The molecule has 154 valence electrons. The Balaban J connectivity index is 1.28. The summed E-state index contributed by atoms with van der Waals surface area (Å²) in [5, 5.41) is 13.3. The van der Waals surface area contributed by atoms with Crippen molar-refractivity contribution in [1.29, 1.82) is 0 Å². The lowest BCUT2D eigenvalue weighted by molar-refractivity contribution is -1.02. The van der Waals surface area contributed by atoms with E-state index in [2.05, 4.69) is 5.32 Å². The maximum atomic E-state index is 12.5. The Morgan fingerprint density at radius 3 is 2.34 bits per heavy atom. The summed E-state index contributed by atoms with van der Waals surface area (Å²) in [6, 6.07) is 9.55. The van der Waals surface area contributed by atoms with E-state index in [1.807, 2.05) is 38.1 Å². The highest BCUT2D eigenvalue weighted by atomic mass is 16.7. The number of aryl methyl sites for hydroxylation is 2. The number of carbonyl (C=O) groups is 1. The summed E-state index contributed by atoms with van der Waals surface area (Å²) in [6.07, 6.45) is 0. The van der Waals surface area contributed by atoms with Crippen molar-refractivity contribution in [3.8, 4) is 17.2 Å². The minimum atomic E-state index is 0.0641. The summed E-state index contributed by atoms with van der Waals surface area (Å²) in [4.78, 5) is 15.2. The normalized spacial score (nSPS) is 20.5. The van der Waals surface area contributed by atoms with Crippen molar-refractivity contribution in [2.45, 2.75) is 20.4 Å². The van der Waals surface area contributed by atoms with E-state index in [0.717, 1.165) is 55.1 Å². The van der Waals surface area contributed by atoms with Crippen LogP contribution < -0.4 is 24.6 Å². The Hall–Kier alpha value is -2.77. The highest BCUT2D eigenvalue weighted by Crippen LogP contribution is 2.37. The van der Waals surface area contributed by atoms with E-state index in [1.54, 1.807) is 6.07 Å². The summed E-state index contributed by atoms with van der Waals surface area (Å²) in [6.45, 7) is 9.24. The van der Waals surface area contributed by atoms with E-state index in [9.17, 15) is 9.90 Å². The number of para-hydroxylation sites is 1. The lowest BCUT2D eigenvalue weighted by Gasteiger charge is -2.29. The highest BCUT2D eigenvalue weighted by molar-refractivity contribution is 5.93. The zero-order valence-electron chi connectivity index (χ0n) is 17.0. The minimum absolute atomic E-state index is 0.0641. The van der Waals surface area contributed by atoms with Crippen molar-refractivity contribution in [2.75, 3.05) is 44.8 Å². The summed E-state index contributed by atoms with van der Waals surface area (Å²) >= 11 is 0. The number of hydrogen-bond acceptors (Lipinski definition) is 4. The predicted molar refractivity (Wildman–Crippen MR) is 109 cm³/mol. The van der Waals surface area contributed by atoms with Gasteiger partial charge in [0.25, 0.3) is 5.91 Å². The molecule has 1 saturated heterocycles. The number of piperazine rings is 1. The van der Waals surface area contributed by atoms with Gasteiger partial charge in [0.1, 0.15) is 38.5 Å². The summed E-state index contributed by atoms with van der Waals surface area (Å²) in [7, 11) is 0. The zero-order chi connectivity index (χ0) is 20.4. The fraction of sp³-hybridized carbons (Fsp3) is 0.409. The molecule has 7 nitrogen and oxygen atoms in total. The van der Waals surface area contributed by atoms with Crippen LogP contribution in [-0.2, 0) is 11.3 Å². The van der Waals surface area contributed by atoms with Crippen molar-refractivity contribution in [2.24, 2.45) is 0 Å². The van der Waals surface area contributed by atoms with Gasteiger partial charge in [-0.2, -0.15) is 0 Å². The molecule has 2 aliphatic heterocycles. The number of anilines is 1. The number of ether oxygens (including phenoxy) is 2. The van der Waals surface area contributed by atoms with E-state index in [4.69, 9.17) is 9.47 Å². The van der Waals surface area contributed by atoms with Crippen LogP contribution in [0.2, 0.25) is 0 Å². The molecule has 2 aromatic rings. The first-order valence-electron chi connectivity index (χ1n) is 10.1. The third-order valence-corrected chi connectivity index (χ3v) is 5.83. The van der Waals surface area contributed by atoms with Crippen LogP contribution in [-0.4, -0.2) is 50.5 Å². The Morgan fingerprint density at radius 2 is 1.66 bits per heavy atom. The molecule has 0 atom stereocenters. The number of quaternary nitrogens is 2. The number of amides is 1. The van der Waals surface area contributed by atoms with Crippen LogP contribution in [0.3, 0.4) is 0 Å². The predicted octanol–water partition coefficient (Wildman–Crippen LogP) is -0.340. The molecule has 0 radical (unpaired) electrons. The standard InChI is InChI=1S/C22H27N3O4/c1-15-4-3-5-16(2)22(15)23-21(27)13-25-8-6-24(7-9-25)12-17-10-19-20(11-18(17)26)29-14-28-19/h3-5,10-11,26H,6-9,12-14H2,1-2H3,(H,23,27)/p+2. The highest BCUT2D eigenvalue weighted by Gasteiger charge is 2.27. The molecular weight excluding hydrogens is 370 g/mol. The monoisotopic (exact) mass is 399 g/mol. The Kier molecular flexibility index (Phi) is 5.60. The first-order valence-corrected chi connectivity index (χ1v) is 10.1. The number of phenols is 1. The molecule has 1 amide bonds. The topological polar surface area (TPSA) is 76.7 Å². The van der Waals surface area contributed by atoms with Crippen LogP contribution in [0, 0.1) is 13.8 Å². The maximum absolute atomic E-state index is 12.5. The van der Waals surface area contributed by atoms with Crippen LogP contribution >= 0.6 is 0 Å². The van der Waals surface area contributed by atoms with Crippen LogP contribution in [0.25, 0.3) is 0 Å². The number of carbonyl (C=O) groups excluding carboxylic acids is 1. The molecule has 2 heterocycles.